The molecule has 1 rings (SSSR count). The maximum Gasteiger partial charge on any atom is 0.235 e. The van der Waals surface area contributed by atoms with Gasteiger partial charge in [0, 0.05) is 19.1 Å². The van der Waals surface area contributed by atoms with E-state index in [1.165, 1.54) is 0 Å². The summed E-state index contributed by atoms with van der Waals surface area (Å²) in [4.78, 5) is 16.3. The van der Waals surface area contributed by atoms with E-state index in [-0.39, 0.29) is 11.7 Å². The van der Waals surface area contributed by atoms with Gasteiger partial charge in [-0.3, -0.25) is 4.79 Å². The summed E-state index contributed by atoms with van der Waals surface area (Å²) in [5.74, 6) is -0.114. The van der Waals surface area contributed by atoms with Crippen molar-refractivity contribution in [1.29, 1.82) is 0 Å². The van der Waals surface area contributed by atoms with Gasteiger partial charge in [0.2, 0.25) is 5.91 Å². The Morgan fingerprint density at radius 3 is 2.28 bits per heavy atom. The van der Waals surface area contributed by atoms with Gasteiger partial charge in [-0.25, -0.2) is 0 Å². The third-order valence-corrected chi connectivity index (χ3v) is 3.76. The molecule has 0 saturated carbocycles. The first-order valence-corrected chi connectivity index (χ1v) is 6.24. The number of likely N-dealkylation sites (tertiary alicyclic amines) is 1. The third-order valence-electron chi connectivity index (χ3n) is 3.76. The standard InChI is InChI=1S/C12H24N4O2/c1-12(2,10(13)14-18)11(17)16-7-5-9(6-8-16)15(3)4/h9,18H,5-8H2,1-4H3,(H2,13,14). The van der Waals surface area contributed by atoms with E-state index in [0.717, 1.165) is 25.9 Å². The molecular formula is C12H24N4O2. The second-order valence-corrected chi connectivity index (χ2v) is 5.60. The maximum atomic E-state index is 12.3. The molecule has 1 aliphatic rings. The van der Waals surface area contributed by atoms with Crippen LogP contribution >= 0.6 is 0 Å². The molecule has 1 aliphatic heterocycles. The molecule has 0 radical (unpaired) electrons. The van der Waals surface area contributed by atoms with Crippen molar-refractivity contribution in [3.05, 3.63) is 0 Å². The minimum Gasteiger partial charge on any atom is -0.409 e. The van der Waals surface area contributed by atoms with Gasteiger partial charge in [0.15, 0.2) is 5.84 Å². The number of hydrogen-bond donors (Lipinski definition) is 2. The van der Waals surface area contributed by atoms with Gasteiger partial charge in [0.25, 0.3) is 0 Å². The van der Waals surface area contributed by atoms with E-state index in [9.17, 15) is 4.79 Å². The number of piperidine rings is 1. The molecule has 6 heteroatoms. The second kappa shape index (κ2) is 5.56. The highest BCUT2D eigenvalue weighted by molar-refractivity contribution is 6.05. The molecule has 0 unspecified atom stereocenters. The van der Waals surface area contributed by atoms with Crippen LogP contribution in [-0.2, 0) is 4.79 Å². The van der Waals surface area contributed by atoms with Crippen LogP contribution in [0.15, 0.2) is 5.16 Å². The Kier molecular flexibility index (Phi) is 4.56. The quantitative estimate of drug-likeness (QED) is 0.329. The molecule has 0 bridgehead atoms. The van der Waals surface area contributed by atoms with E-state index in [0.29, 0.717) is 6.04 Å². The molecular weight excluding hydrogens is 232 g/mol. The van der Waals surface area contributed by atoms with Crippen LogP contribution in [0.5, 0.6) is 0 Å². The lowest BCUT2D eigenvalue weighted by atomic mass is 9.89. The van der Waals surface area contributed by atoms with Crippen LogP contribution in [0, 0.1) is 5.41 Å². The molecule has 6 nitrogen and oxygen atoms in total. The van der Waals surface area contributed by atoms with Gasteiger partial charge in [0.05, 0.1) is 0 Å². The van der Waals surface area contributed by atoms with E-state index in [1.807, 2.05) is 0 Å². The highest BCUT2D eigenvalue weighted by atomic mass is 16.4. The van der Waals surface area contributed by atoms with Crippen molar-refractivity contribution in [2.24, 2.45) is 16.3 Å². The van der Waals surface area contributed by atoms with Gasteiger partial charge in [-0.15, -0.1) is 0 Å². The summed E-state index contributed by atoms with van der Waals surface area (Å²) in [6.07, 6.45) is 1.93. The molecule has 18 heavy (non-hydrogen) atoms. The number of rotatable bonds is 3. The van der Waals surface area contributed by atoms with Crippen LogP contribution in [0.4, 0.5) is 0 Å². The molecule has 0 aromatic carbocycles. The highest BCUT2D eigenvalue weighted by Crippen LogP contribution is 2.23. The summed E-state index contributed by atoms with van der Waals surface area (Å²) in [6.45, 7) is 4.82. The molecule has 0 atom stereocenters. The topological polar surface area (TPSA) is 82.2 Å². The molecule has 1 fully saturated rings. The molecule has 0 spiro atoms. The van der Waals surface area contributed by atoms with Crippen LogP contribution < -0.4 is 5.73 Å². The second-order valence-electron chi connectivity index (χ2n) is 5.60. The Morgan fingerprint density at radius 1 is 1.39 bits per heavy atom. The molecule has 0 aromatic rings. The number of oxime groups is 1. The van der Waals surface area contributed by atoms with Gasteiger partial charge >= 0.3 is 0 Å². The van der Waals surface area contributed by atoms with Crippen LogP contribution in [0.2, 0.25) is 0 Å². The zero-order chi connectivity index (χ0) is 13.9. The lowest BCUT2D eigenvalue weighted by Gasteiger charge is -2.38. The summed E-state index contributed by atoms with van der Waals surface area (Å²) in [5.41, 5.74) is 4.63. The van der Waals surface area contributed by atoms with Gasteiger partial charge in [-0.1, -0.05) is 5.16 Å². The number of nitrogens with zero attached hydrogens (tertiary/aromatic N) is 3. The minimum absolute atomic E-state index is 0.0396. The van der Waals surface area contributed by atoms with Crippen molar-refractivity contribution in [3.63, 3.8) is 0 Å². The largest absolute Gasteiger partial charge is 0.409 e. The van der Waals surface area contributed by atoms with Crippen LogP contribution in [0.3, 0.4) is 0 Å². The third kappa shape index (κ3) is 2.93. The monoisotopic (exact) mass is 256 g/mol. The highest BCUT2D eigenvalue weighted by Gasteiger charge is 2.37. The van der Waals surface area contributed by atoms with Crippen molar-refractivity contribution in [2.45, 2.75) is 32.7 Å². The number of carbonyl (C=O) groups excluding carboxylic acids is 1. The van der Waals surface area contributed by atoms with Gasteiger partial charge in [-0.05, 0) is 40.8 Å². The Morgan fingerprint density at radius 2 is 1.89 bits per heavy atom. The predicted molar refractivity (Wildman–Crippen MR) is 70.5 cm³/mol. The van der Waals surface area contributed by atoms with Crippen LogP contribution in [0.1, 0.15) is 26.7 Å². The fraction of sp³-hybridized carbons (Fsp3) is 0.833. The molecule has 0 aliphatic carbocycles. The van der Waals surface area contributed by atoms with E-state index < -0.39 is 5.41 Å². The number of carbonyl (C=O) groups is 1. The molecule has 1 amide bonds. The van der Waals surface area contributed by atoms with E-state index in [4.69, 9.17) is 10.9 Å². The fourth-order valence-corrected chi connectivity index (χ4v) is 2.22. The SMILES string of the molecule is CN(C)C1CCN(C(=O)C(C)(C)C(N)=NO)CC1. The minimum atomic E-state index is -0.945. The lowest BCUT2D eigenvalue weighted by molar-refractivity contribution is -0.138. The van der Waals surface area contributed by atoms with Crippen molar-refractivity contribution in [1.82, 2.24) is 9.80 Å². The number of hydrogen-bond acceptors (Lipinski definition) is 4. The van der Waals surface area contributed by atoms with Crippen LogP contribution in [-0.4, -0.2) is 60.0 Å². The number of amides is 1. The van der Waals surface area contributed by atoms with Crippen molar-refractivity contribution < 1.29 is 10.0 Å². The van der Waals surface area contributed by atoms with Crippen molar-refractivity contribution in [2.75, 3.05) is 27.2 Å². The Labute approximate surface area is 108 Å². The first-order valence-electron chi connectivity index (χ1n) is 6.24. The molecule has 0 aromatic heterocycles. The summed E-state index contributed by atoms with van der Waals surface area (Å²) < 4.78 is 0. The Balaban J connectivity index is 2.66. The summed E-state index contributed by atoms with van der Waals surface area (Å²) in [7, 11) is 4.12. The van der Waals surface area contributed by atoms with Crippen molar-refractivity contribution >= 4 is 11.7 Å². The zero-order valence-electron chi connectivity index (χ0n) is 11.7. The average molecular weight is 256 g/mol. The van der Waals surface area contributed by atoms with Gasteiger partial charge < -0.3 is 20.7 Å². The number of nitrogens with two attached hydrogens (primary N) is 1. The Hall–Kier alpha value is -1.30. The molecule has 3 N–H and O–H groups in total. The van der Waals surface area contributed by atoms with E-state index in [1.54, 1.807) is 18.7 Å². The predicted octanol–water partition coefficient (Wildman–Crippen LogP) is 0.312. The smallest absolute Gasteiger partial charge is 0.235 e. The first-order chi connectivity index (χ1) is 8.30. The summed E-state index contributed by atoms with van der Waals surface area (Å²) >= 11 is 0. The van der Waals surface area contributed by atoms with E-state index in [2.05, 4.69) is 24.2 Å². The first kappa shape index (κ1) is 14.8. The molecule has 104 valence electrons. The average Bonchev–Trinajstić information content (AvgIpc) is 2.36. The van der Waals surface area contributed by atoms with Crippen LogP contribution in [0.25, 0.3) is 0 Å². The lowest BCUT2D eigenvalue weighted by Crippen LogP contribution is -2.52. The van der Waals surface area contributed by atoms with Gasteiger partial charge in [0.1, 0.15) is 5.41 Å². The normalized spacial score (nSPS) is 19.4. The Bertz CT molecular complexity index is 331. The number of amidine groups is 1. The van der Waals surface area contributed by atoms with Gasteiger partial charge in [-0.2, -0.15) is 0 Å². The van der Waals surface area contributed by atoms with Crippen molar-refractivity contribution in [3.8, 4) is 0 Å². The fourth-order valence-electron chi connectivity index (χ4n) is 2.22. The summed E-state index contributed by atoms with van der Waals surface area (Å²) in [6, 6.07) is 0.529. The molecule has 1 heterocycles. The maximum absolute atomic E-state index is 12.3. The zero-order valence-corrected chi connectivity index (χ0v) is 11.7. The van der Waals surface area contributed by atoms with E-state index >= 15 is 0 Å². The summed E-state index contributed by atoms with van der Waals surface area (Å²) in [5, 5.41) is 11.7. The molecule has 1 saturated heterocycles.